The Morgan fingerprint density at radius 3 is 2.81 bits per heavy atom. The maximum atomic E-state index is 12.7. The average molecular weight is 456 g/mol. The van der Waals surface area contributed by atoms with E-state index in [0.717, 1.165) is 41.1 Å². The third-order valence-corrected chi connectivity index (χ3v) is 6.51. The Labute approximate surface area is 189 Å². The summed E-state index contributed by atoms with van der Waals surface area (Å²) in [6, 6.07) is 14.5. The van der Waals surface area contributed by atoms with E-state index in [1.165, 1.54) is 11.3 Å². The van der Waals surface area contributed by atoms with Crippen LogP contribution in [0.5, 0.6) is 5.75 Å². The Morgan fingerprint density at radius 1 is 1.23 bits per heavy atom. The van der Waals surface area contributed by atoms with Crippen LogP contribution in [0.3, 0.4) is 0 Å². The maximum absolute atomic E-state index is 12.7. The highest BCUT2D eigenvalue weighted by Crippen LogP contribution is 2.38. The number of rotatable bonds is 7. The molecule has 0 bridgehead atoms. The van der Waals surface area contributed by atoms with Crippen LogP contribution >= 0.6 is 22.9 Å². The van der Waals surface area contributed by atoms with Crippen LogP contribution in [-0.4, -0.2) is 30.5 Å². The number of amides is 2. The predicted molar refractivity (Wildman–Crippen MR) is 122 cm³/mol. The molecule has 0 saturated heterocycles. The van der Waals surface area contributed by atoms with E-state index in [-0.39, 0.29) is 17.7 Å². The molecular formula is C23H22ClN3O3S. The van der Waals surface area contributed by atoms with E-state index >= 15 is 0 Å². The molecule has 0 spiro atoms. The monoisotopic (exact) mass is 455 g/mol. The van der Waals surface area contributed by atoms with E-state index in [2.05, 4.69) is 15.6 Å². The van der Waals surface area contributed by atoms with E-state index in [9.17, 15) is 9.59 Å². The van der Waals surface area contributed by atoms with E-state index in [0.29, 0.717) is 22.3 Å². The van der Waals surface area contributed by atoms with Crippen molar-refractivity contribution in [1.29, 1.82) is 0 Å². The van der Waals surface area contributed by atoms with E-state index in [4.69, 9.17) is 16.3 Å². The van der Waals surface area contributed by atoms with Crippen LogP contribution in [-0.2, 0) is 17.6 Å². The third-order valence-electron chi connectivity index (χ3n) is 5.21. The molecule has 2 amide bonds. The lowest BCUT2D eigenvalue weighted by Crippen LogP contribution is -2.30. The van der Waals surface area contributed by atoms with Gasteiger partial charge in [0.25, 0.3) is 5.91 Å². The molecule has 1 atom stereocenters. The van der Waals surface area contributed by atoms with E-state index in [1.54, 1.807) is 31.4 Å². The van der Waals surface area contributed by atoms with Crippen LogP contribution in [0, 0.1) is 0 Å². The van der Waals surface area contributed by atoms with Gasteiger partial charge in [-0.2, -0.15) is 0 Å². The lowest BCUT2D eigenvalue weighted by molar-refractivity contribution is -0.122. The SMILES string of the molecule is COc1cccc(CCNC(=O)C2CCc3sc(NC(=O)c4ccc(Cl)cc4)nc32)c1. The summed E-state index contributed by atoms with van der Waals surface area (Å²) >= 11 is 7.30. The van der Waals surface area contributed by atoms with Gasteiger partial charge in [0.1, 0.15) is 5.75 Å². The summed E-state index contributed by atoms with van der Waals surface area (Å²) in [7, 11) is 1.64. The van der Waals surface area contributed by atoms with Crippen LogP contribution in [0.4, 0.5) is 5.13 Å². The van der Waals surface area contributed by atoms with Crippen molar-refractivity contribution in [3.8, 4) is 5.75 Å². The van der Waals surface area contributed by atoms with Gasteiger partial charge in [-0.15, -0.1) is 11.3 Å². The second kappa shape index (κ2) is 9.49. The number of hydrogen-bond acceptors (Lipinski definition) is 5. The molecule has 0 aliphatic heterocycles. The van der Waals surface area contributed by atoms with Gasteiger partial charge in [-0.25, -0.2) is 4.98 Å². The fraction of sp³-hybridized carbons (Fsp3) is 0.261. The first kappa shape index (κ1) is 21.3. The number of aryl methyl sites for hydroxylation is 1. The molecule has 6 nitrogen and oxygen atoms in total. The highest BCUT2D eigenvalue weighted by Gasteiger charge is 2.32. The number of ether oxygens (including phenoxy) is 1. The first-order valence-corrected chi connectivity index (χ1v) is 11.2. The Kier molecular flexibility index (Phi) is 6.53. The zero-order valence-corrected chi connectivity index (χ0v) is 18.6. The minimum absolute atomic E-state index is 0.0254. The molecule has 0 radical (unpaired) electrons. The van der Waals surface area contributed by atoms with Gasteiger partial charge in [0, 0.05) is 22.0 Å². The molecule has 2 aromatic carbocycles. The topological polar surface area (TPSA) is 80.3 Å². The number of benzene rings is 2. The number of nitrogens with one attached hydrogen (secondary N) is 2. The quantitative estimate of drug-likeness (QED) is 0.551. The number of halogens is 1. The summed E-state index contributed by atoms with van der Waals surface area (Å²) in [6.07, 6.45) is 2.25. The minimum Gasteiger partial charge on any atom is -0.497 e. The third kappa shape index (κ3) is 5.06. The van der Waals surface area contributed by atoms with Gasteiger partial charge < -0.3 is 10.1 Å². The van der Waals surface area contributed by atoms with Gasteiger partial charge >= 0.3 is 0 Å². The fourth-order valence-electron chi connectivity index (χ4n) is 3.59. The normalized spacial score (nSPS) is 14.7. The van der Waals surface area contributed by atoms with Crippen molar-refractivity contribution < 1.29 is 14.3 Å². The number of anilines is 1. The maximum Gasteiger partial charge on any atom is 0.257 e. The van der Waals surface area contributed by atoms with Crippen LogP contribution in [0.2, 0.25) is 5.02 Å². The van der Waals surface area contributed by atoms with Gasteiger partial charge in [0.05, 0.1) is 18.7 Å². The van der Waals surface area contributed by atoms with E-state index < -0.39 is 0 Å². The molecule has 2 N–H and O–H groups in total. The molecular weight excluding hydrogens is 434 g/mol. The molecule has 1 aromatic heterocycles. The van der Waals surface area contributed by atoms with Crippen molar-refractivity contribution in [2.75, 3.05) is 19.0 Å². The zero-order valence-electron chi connectivity index (χ0n) is 17.0. The number of aromatic nitrogens is 1. The molecule has 31 heavy (non-hydrogen) atoms. The van der Waals surface area contributed by atoms with Crippen LogP contribution in [0.25, 0.3) is 0 Å². The smallest absolute Gasteiger partial charge is 0.257 e. The first-order valence-electron chi connectivity index (χ1n) is 10.0. The summed E-state index contributed by atoms with van der Waals surface area (Å²) in [4.78, 5) is 30.8. The number of thiazole rings is 1. The summed E-state index contributed by atoms with van der Waals surface area (Å²) in [5.41, 5.74) is 2.38. The molecule has 3 aromatic rings. The fourth-order valence-corrected chi connectivity index (χ4v) is 4.75. The summed E-state index contributed by atoms with van der Waals surface area (Å²) in [5.74, 6) is 0.253. The highest BCUT2D eigenvalue weighted by atomic mass is 35.5. The summed E-state index contributed by atoms with van der Waals surface area (Å²) in [6.45, 7) is 0.544. The van der Waals surface area contributed by atoms with Crippen molar-refractivity contribution in [3.05, 3.63) is 75.3 Å². The molecule has 8 heteroatoms. The van der Waals surface area contributed by atoms with Crippen molar-refractivity contribution in [3.63, 3.8) is 0 Å². The average Bonchev–Trinajstić information content (AvgIpc) is 3.34. The lowest BCUT2D eigenvalue weighted by atomic mass is 10.1. The largest absolute Gasteiger partial charge is 0.497 e. The molecule has 1 aliphatic rings. The number of hydrogen-bond donors (Lipinski definition) is 2. The molecule has 1 aliphatic carbocycles. The zero-order chi connectivity index (χ0) is 21.8. The van der Waals surface area contributed by atoms with Gasteiger partial charge in [0.2, 0.25) is 5.91 Å². The van der Waals surface area contributed by atoms with Gasteiger partial charge in [-0.3, -0.25) is 14.9 Å². The Balaban J connectivity index is 1.34. The minimum atomic E-state index is -0.280. The van der Waals surface area contributed by atoms with Crippen LogP contribution in [0.15, 0.2) is 48.5 Å². The number of carbonyl (C=O) groups excluding carboxylic acids is 2. The number of nitrogens with zero attached hydrogens (tertiary/aromatic N) is 1. The van der Waals surface area contributed by atoms with Gasteiger partial charge in [0.15, 0.2) is 5.13 Å². The van der Waals surface area contributed by atoms with Crippen LogP contribution in [0.1, 0.15) is 38.8 Å². The van der Waals surface area contributed by atoms with Crippen molar-refractivity contribution >= 4 is 39.9 Å². The van der Waals surface area contributed by atoms with Crippen molar-refractivity contribution in [2.45, 2.75) is 25.2 Å². The number of fused-ring (bicyclic) bond motifs is 1. The second-order valence-corrected chi connectivity index (χ2v) is 8.79. The molecule has 4 rings (SSSR count). The molecule has 1 unspecified atom stereocenters. The Morgan fingerprint density at radius 2 is 2.03 bits per heavy atom. The predicted octanol–water partition coefficient (Wildman–Crippen LogP) is 4.45. The summed E-state index contributed by atoms with van der Waals surface area (Å²) < 4.78 is 5.24. The standard InChI is InChI=1S/C23H22ClN3O3S/c1-30-17-4-2-3-14(13-17)11-12-25-22(29)18-9-10-19-20(18)26-23(31-19)27-21(28)15-5-7-16(24)8-6-15/h2-8,13,18H,9-12H2,1H3,(H,25,29)(H,26,27,28). The van der Waals surface area contributed by atoms with Crippen LogP contribution < -0.4 is 15.4 Å². The Hall–Kier alpha value is -2.90. The van der Waals surface area contributed by atoms with Gasteiger partial charge in [-0.05, 0) is 61.2 Å². The van der Waals surface area contributed by atoms with Gasteiger partial charge in [-0.1, -0.05) is 23.7 Å². The second-order valence-electron chi connectivity index (χ2n) is 7.27. The van der Waals surface area contributed by atoms with Crippen molar-refractivity contribution in [2.24, 2.45) is 0 Å². The summed E-state index contributed by atoms with van der Waals surface area (Å²) in [5, 5.41) is 6.93. The number of carbonyl (C=O) groups is 2. The first-order chi connectivity index (χ1) is 15.0. The van der Waals surface area contributed by atoms with Crippen molar-refractivity contribution in [1.82, 2.24) is 10.3 Å². The molecule has 160 valence electrons. The molecule has 0 saturated carbocycles. The Bertz CT molecular complexity index is 1100. The van der Waals surface area contributed by atoms with E-state index in [1.807, 2.05) is 24.3 Å². The number of methoxy groups -OCH3 is 1. The molecule has 1 heterocycles. The lowest BCUT2D eigenvalue weighted by Gasteiger charge is -2.11. The highest BCUT2D eigenvalue weighted by molar-refractivity contribution is 7.16. The molecule has 0 fully saturated rings.